The van der Waals surface area contributed by atoms with Crippen LogP contribution in [0.2, 0.25) is 0 Å². The first-order valence-electron chi connectivity index (χ1n) is 3.86. The SMILES string of the molecule is C[C@@H](N)Cc1cn(C(=O)NO)cn1. The zero-order valence-corrected chi connectivity index (χ0v) is 7.27. The number of hydroxylamine groups is 1. The van der Waals surface area contributed by atoms with E-state index in [4.69, 9.17) is 10.9 Å². The molecule has 4 N–H and O–H groups in total. The van der Waals surface area contributed by atoms with Crippen molar-refractivity contribution >= 4 is 6.03 Å². The quantitative estimate of drug-likeness (QED) is 0.435. The fraction of sp³-hybridized carbons (Fsp3) is 0.429. The second kappa shape index (κ2) is 4.01. The molecule has 1 amide bonds. The Hall–Kier alpha value is -1.40. The third-order valence-electron chi connectivity index (χ3n) is 1.50. The van der Waals surface area contributed by atoms with Crippen LogP contribution in [-0.2, 0) is 6.42 Å². The Kier molecular flexibility index (Phi) is 2.99. The van der Waals surface area contributed by atoms with Gasteiger partial charge in [-0.05, 0) is 6.92 Å². The Labute approximate surface area is 75.3 Å². The van der Waals surface area contributed by atoms with Crippen molar-refractivity contribution in [2.75, 3.05) is 0 Å². The second-order valence-electron chi connectivity index (χ2n) is 2.87. The molecule has 1 aromatic heterocycles. The Morgan fingerprint density at radius 1 is 1.92 bits per heavy atom. The lowest BCUT2D eigenvalue weighted by Gasteiger charge is -1.99. The molecule has 0 unspecified atom stereocenters. The molecular formula is C7H12N4O2. The van der Waals surface area contributed by atoms with Crippen molar-refractivity contribution in [2.45, 2.75) is 19.4 Å². The maximum Gasteiger partial charge on any atom is 0.350 e. The van der Waals surface area contributed by atoms with Crippen molar-refractivity contribution < 1.29 is 10.0 Å². The Balaban J connectivity index is 2.69. The van der Waals surface area contributed by atoms with Gasteiger partial charge >= 0.3 is 6.03 Å². The van der Waals surface area contributed by atoms with Gasteiger partial charge in [-0.25, -0.2) is 15.3 Å². The fourth-order valence-electron chi connectivity index (χ4n) is 0.968. The average molecular weight is 184 g/mol. The summed E-state index contributed by atoms with van der Waals surface area (Å²) in [7, 11) is 0. The van der Waals surface area contributed by atoms with Crippen LogP contribution in [0.1, 0.15) is 12.6 Å². The fourth-order valence-corrected chi connectivity index (χ4v) is 0.968. The van der Waals surface area contributed by atoms with Gasteiger partial charge in [0.1, 0.15) is 6.33 Å². The van der Waals surface area contributed by atoms with Crippen molar-refractivity contribution in [3.63, 3.8) is 0 Å². The monoisotopic (exact) mass is 184 g/mol. The van der Waals surface area contributed by atoms with E-state index in [0.29, 0.717) is 6.42 Å². The maximum atomic E-state index is 10.8. The molecule has 0 saturated carbocycles. The Morgan fingerprint density at radius 2 is 2.62 bits per heavy atom. The third kappa shape index (κ3) is 2.53. The molecule has 0 fully saturated rings. The van der Waals surface area contributed by atoms with E-state index in [9.17, 15) is 4.79 Å². The minimum atomic E-state index is -0.636. The van der Waals surface area contributed by atoms with Gasteiger partial charge in [-0.3, -0.25) is 9.77 Å². The molecule has 0 bridgehead atoms. The molecule has 1 heterocycles. The summed E-state index contributed by atoms with van der Waals surface area (Å²) in [5.74, 6) is 0. The number of imidazole rings is 1. The standard InChI is InChI=1S/C7H12N4O2/c1-5(8)2-6-3-11(4-9-6)7(12)10-13/h3-5,13H,2,8H2,1H3,(H,10,12)/t5-/m1/s1. The molecule has 0 aliphatic rings. The van der Waals surface area contributed by atoms with E-state index in [0.717, 1.165) is 10.3 Å². The molecule has 6 heteroatoms. The normalized spacial score (nSPS) is 12.5. The van der Waals surface area contributed by atoms with Gasteiger partial charge in [0.2, 0.25) is 0 Å². The lowest BCUT2D eigenvalue weighted by atomic mass is 10.2. The molecular weight excluding hydrogens is 172 g/mol. The number of hydrogen-bond acceptors (Lipinski definition) is 4. The van der Waals surface area contributed by atoms with Gasteiger partial charge in [0.15, 0.2) is 0 Å². The van der Waals surface area contributed by atoms with E-state index in [1.165, 1.54) is 18.0 Å². The highest BCUT2D eigenvalue weighted by molar-refractivity contribution is 5.75. The van der Waals surface area contributed by atoms with Crippen molar-refractivity contribution in [2.24, 2.45) is 5.73 Å². The van der Waals surface area contributed by atoms with E-state index < -0.39 is 6.03 Å². The predicted octanol–water partition coefficient (Wildman–Crippen LogP) is -0.280. The van der Waals surface area contributed by atoms with Gasteiger partial charge in [0.05, 0.1) is 5.69 Å². The maximum absolute atomic E-state index is 10.8. The van der Waals surface area contributed by atoms with Crippen LogP contribution in [0.15, 0.2) is 12.5 Å². The van der Waals surface area contributed by atoms with Crippen molar-refractivity contribution in [3.05, 3.63) is 18.2 Å². The van der Waals surface area contributed by atoms with Gasteiger partial charge in [-0.15, -0.1) is 0 Å². The summed E-state index contributed by atoms with van der Waals surface area (Å²) in [6, 6.07) is -0.635. The lowest BCUT2D eigenvalue weighted by Crippen LogP contribution is -2.23. The summed E-state index contributed by atoms with van der Waals surface area (Å²) in [5.41, 5.74) is 7.76. The summed E-state index contributed by atoms with van der Waals surface area (Å²) < 4.78 is 1.15. The van der Waals surface area contributed by atoms with Gasteiger partial charge in [-0.1, -0.05) is 0 Å². The summed E-state index contributed by atoms with van der Waals surface area (Å²) in [4.78, 5) is 14.8. The number of hydrogen-bond donors (Lipinski definition) is 3. The zero-order chi connectivity index (χ0) is 9.84. The molecule has 13 heavy (non-hydrogen) atoms. The first-order valence-corrected chi connectivity index (χ1v) is 3.86. The predicted molar refractivity (Wildman–Crippen MR) is 45.3 cm³/mol. The van der Waals surface area contributed by atoms with Crippen LogP contribution in [-0.4, -0.2) is 26.8 Å². The van der Waals surface area contributed by atoms with Crippen molar-refractivity contribution in [3.8, 4) is 0 Å². The van der Waals surface area contributed by atoms with Crippen LogP contribution in [0.3, 0.4) is 0 Å². The molecule has 0 spiro atoms. The van der Waals surface area contributed by atoms with Gasteiger partial charge in [0.25, 0.3) is 0 Å². The number of nitrogens with two attached hydrogens (primary N) is 1. The molecule has 1 rings (SSSR count). The van der Waals surface area contributed by atoms with Gasteiger partial charge in [-0.2, -0.15) is 0 Å². The average Bonchev–Trinajstić information content (AvgIpc) is 2.50. The number of amides is 1. The molecule has 1 atom stereocenters. The summed E-state index contributed by atoms with van der Waals surface area (Å²) in [6.07, 6.45) is 3.45. The van der Waals surface area contributed by atoms with Gasteiger partial charge in [0, 0.05) is 18.7 Å². The van der Waals surface area contributed by atoms with Crippen molar-refractivity contribution in [1.82, 2.24) is 15.0 Å². The molecule has 0 saturated heterocycles. The molecule has 6 nitrogen and oxygen atoms in total. The highest BCUT2D eigenvalue weighted by Gasteiger charge is 2.05. The van der Waals surface area contributed by atoms with E-state index in [2.05, 4.69) is 4.98 Å². The van der Waals surface area contributed by atoms with Crippen LogP contribution in [0, 0.1) is 0 Å². The first-order chi connectivity index (χ1) is 6.13. The number of rotatable bonds is 2. The number of nitrogens with zero attached hydrogens (tertiary/aromatic N) is 2. The van der Waals surface area contributed by atoms with Crippen LogP contribution in [0.5, 0.6) is 0 Å². The van der Waals surface area contributed by atoms with Gasteiger partial charge < -0.3 is 5.73 Å². The molecule has 0 aliphatic heterocycles. The minimum Gasteiger partial charge on any atom is -0.328 e. The number of aromatic nitrogens is 2. The molecule has 0 aliphatic carbocycles. The van der Waals surface area contributed by atoms with E-state index in [1.54, 1.807) is 0 Å². The molecule has 72 valence electrons. The van der Waals surface area contributed by atoms with Crippen LogP contribution in [0.4, 0.5) is 4.79 Å². The highest BCUT2D eigenvalue weighted by atomic mass is 16.5. The largest absolute Gasteiger partial charge is 0.350 e. The number of carbonyl (C=O) groups excluding carboxylic acids is 1. The topological polar surface area (TPSA) is 93.2 Å². The first kappa shape index (κ1) is 9.69. The van der Waals surface area contributed by atoms with Crippen molar-refractivity contribution in [1.29, 1.82) is 0 Å². The molecule has 0 radical (unpaired) electrons. The van der Waals surface area contributed by atoms with E-state index in [1.807, 2.05) is 6.92 Å². The second-order valence-corrected chi connectivity index (χ2v) is 2.87. The van der Waals surface area contributed by atoms with Crippen LogP contribution >= 0.6 is 0 Å². The lowest BCUT2D eigenvalue weighted by molar-refractivity contribution is 0.163. The molecule has 0 aromatic carbocycles. The zero-order valence-electron chi connectivity index (χ0n) is 7.27. The highest BCUT2D eigenvalue weighted by Crippen LogP contribution is 1.98. The summed E-state index contributed by atoms with van der Waals surface area (Å²) in [5, 5.41) is 8.31. The minimum absolute atomic E-state index is 0.000498. The van der Waals surface area contributed by atoms with E-state index in [-0.39, 0.29) is 6.04 Å². The smallest absolute Gasteiger partial charge is 0.328 e. The summed E-state index contributed by atoms with van der Waals surface area (Å²) >= 11 is 0. The molecule has 1 aromatic rings. The third-order valence-corrected chi connectivity index (χ3v) is 1.50. The Morgan fingerprint density at radius 3 is 3.15 bits per heavy atom. The number of carbonyl (C=O) groups is 1. The van der Waals surface area contributed by atoms with Crippen LogP contribution in [0.25, 0.3) is 0 Å². The number of nitrogens with one attached hydrogen (secondary N) is 1. The van der Waals surface area contributed by atoms with Crippen LogP contribution < -0.4 is 11.2 Å². The Bertz CT molecular complexity index is 294. The van der Waals surface area contributed by atoms with E-state index >= 15 is 0 Å². The summed E-state index contributed by atoms with van der Waals surface area (Å²) in [6.45, 7) is 1.85.